The quantitative estimate of drug-likeness (QED) is 0.222. The lowest BCUT2D eigenvalue weighted by molar-refractivity contribution is -0.121. The molecule has 2 atom stereocenters. The standard InChI is InChI=1S/C30H36N8O/c1-21(23-10-8-22(9-11-23)16-17-31)29(38-28(32)24-6-3-2-4-7-24)35-20-27(39)36-25-12-14-26(15-13-25)37-30-33-18-5-19-34-30/h2-11,18-19,21,25-26,29,35H,12-16,20H2,1H3,(H2,32,38)(H,36,39)(H,33,34,37). The molecule has 9 heteroatoms. The average Bonchev–Trinajstić information content (AvgIpc) is 2.97. The number of aliphatic imine (C=N–C) groups is 1. The van der Waals surface area contributed by atoms with Crippen molar-refractivity contribution in [2.45, 2.75) is 63.2 Å². The number of nitrogens with zero attached hydrogens (tertiary/aromatic N) is 4. The Bertz CT molecular complexity index is 1250. The van der Waals surface area contributed by atoms with Gasteiger partial charge in [-0.05, 0) is 42.9 Å². The van der Waals surface area contributed by atoms with Gasteiger partial charge in [-0.25, -0.2) is 15.0 Å². The van der Waals surface area contributed by atoms with Crippen LogP contribution in [0.15, 0.2) is 78.0 Å². The van der Waals surface area contributed by atoms with Crippen molar-refractivity contribution in [3.63, 3.8) is 0 Å². The number of nitriles is 1. The van der Waals surface area contributed by atoms with Crippen LogP contribution in [0.3, 0.4) is 0 Å². The van der Waals surface area contributed by atoms with Gasteiger partial charge in [-0.3, -0.25) is 10.1 Å². The number of carbonyl (C=O) groups excluding carboxylic acids is 1. The van der Waals surface area contributed by atoms with Crippen molar-refractivity contribution < 1.29 is 4.79 Å². The number of amides is 1. The summed E-state index contributed by atoms with van der Waals surface area (Å²) in [6.07, 6.45) is 7.07. The van der Waals surface area contributed by atoms with Gasteiger partial charge in [-0.1, -0.05) is 61.5 Å². The largest absolute Gasteiger partial charge is 0.383 e. The van der Waals surface area contributed by atoms with Crippen molar-refractivity contribution in [2.75, 3.05) is 11.9 Å². The van der Waals surface area contributed by atoms with Gasteiger partial charge in [0.05, 0.1) is 19.0 Å². The lowest BCUT2D eigenvalue weighted by Crippen LogP contribution is -2.46. The zero-order chi connectivity index (χ0) is 27.5. The fourth-order valence-electron chi connectivity index (χ4n) is 4.79. The molecule has 0 spiro atoms. The molecule has 0 aliphatic heterocycles. The second kappa shape index (κ2) is 14.0. The number of carbonyl (C=O) groups is 1. The van der Waals surface area contributed by atoms with Gasteiger partial charge in [0.2, 0.25) is 11.9 Å². The summed E-state index contributed by atoms with van der Waals surface area (Å²) in [5, 5.41) is 18.8. The molecule has 0 radical (unpaired) electrons. The van der Waals surface area contributed by atoms with E-state index in [2.05, 4.69) is 38.9 Å². The van der Waals surface area contributed by atoms with Crippen molar-refractivity contribution >= 4 is 17.7 Å². The summed E-state index contributed by atoms with van der Waals surface area (Å²) >= 11 is 0. The van der Waals surface area contributed by atoms with Crippen molar-refractivity contribution in [1.29, 1.82) is 5.26 Å². The maximum atomic E-state index is 12.9. The Labute approximate surface area is 230 Å². The SMILES string of the molecule is CC(c1ccc(CC#N)cc1)C(N=C(N)c1ccccc1)NCC(=O)NC1CCC(Nc2ncccn2)CC1. The number of amidine groups is 1. The zero-order valence-electron chi connectivity index (χ0n) is 22.3. The van der Waals surface area contributed by atoms with E-state index < -0.39 is 6.17 Å². The molecule has 1 saturated carbocycles. The number of anilines is 1. The van der Waals surface area contributed by atoms with E-state index >= 15 is 0 Å². The number of nitrogens with one attached hydrogen (secondary N) is 3. The summed E-state index contributed by atoms with van der Waals surface area (Å²) in [7, 11) is 0. The Hall–Kier alpha value is -4.29. The third-order valence-corrected chi connectivity index (χ3v) is 7.07. The highest BCUT2D eigenvalue weighted by atomic mass is 16.2. The lowest BCUT2D eigenvalue weighted by atomic mass is 9.91. The second-order valence-electron chi connectivity index (χ2n) is 9.90. The van der Waals surface area contributed by atoms with Gasteiger partial charge in [0.25, 0.3) is 0 Å². The molecule has 0 bridgehead atoms. The number of aromatic nitrogens is 2. The van der Waals surface area contributed by atoms with Crippen LogP contribution < -0.4 is 21.7 Å². The monoisotopic (exact) mass is 524 g/mol. The predicted octanol–water partition coefficient (Wildman–Crippen LogP) is 3.51. The molecule has 39 heavy (non-hydrogen) atoms. The maximum absolute atomic E-state index is 12.9. The highest BCUT2D eigenvalue weighted by Gasteiger charge is 2.24. The van der Waals surface area contributed by atoms with Crippen molar-refractivity contribution in [3.05, 3.63) is 89.7 Å². The molecule has 1 amide bonds. The second-order valence-corrected chi connectivity index (χ2v) is 9.90. The van der Waals surface area contributed by atoms with Crippen LogP contribution in [0.25, 0.3) is 0 Å². The van der Waals surface area contributed by atoms with Crippen LogP contribution in [-0.2, 0) is 11.2 Å². The zero-order valence-corrected chi connectivity index (χ0v) is 22.3. The van der Waals surface area contributed by atoms with Crippen LogP contribution in [0, 0.1) is 11.3 Å². The number of rotatable bonds is 11. The fraction of sp³-hybridized carbons (Fsp3) is 0.367. The smallest absolute Gasteiger partial charge is 0.234 e. The van der Waals surface area contributed by atoms with Gasteiger partial charge < -0.3 is 16.4 Å². The third-order valence-electron chi connectivity index (χ3n) is 7.07. The summed E-state index contributed by atoms with van der Waals surface area (Å²) in [4.78, 5) is 26.2. The Balaban J connectivity index is 1.35. The Morgan fingerprint density at radius 2 is 1.69 bits per heavy atom. The molecular weight excluding hydrogens is 488 g/mol. The third kappa shape index (κ3) is 8.35. The number of nitrogens with two attached hydrogens (primary N) is 1. The topological polar surface area (TPSA) is 141 Å². The summed E-state index contributed by atoms with van der Waals surface area (Å²) in [6, 6.07) is 21.9. The molecule has 1 aliphatic rings. The van der Waals surface area contributed by atoms with Crippen molar-refractivity contribution in [3.8, 4) is 6.07 Å². The van der Waals surface area contributed by atoms with Crippen molar-refractivity contribution in [1.82, 2.24) is 20.6 Å². The van der Waals surface area contributed by atoms with Crippen LogP contribution >= 0.6 is 0 Å². The first-order chi connectivity index (χ1) is 19.0. The molecule has 9 nitrogen and oxygen atoms in total. The summed E-state index contributed by atoms with van der Waals surface area (Å²) in [5.41, 5.74) is 9.20. The van der Waals surface area contributed by atoms with E-state index in [1.165, 1.54) is 0 Å². The predicted molar refractivity (Wildman–Crippen MR) is 153 cm³/mol. The summed E-state index contributed by atoms with van der Waals surface area (Å²) < 4.78 is 0. The van der Waals surface area contributed by atoms with E-state index in [1.54, 1.807) is 18.5 Å². The van der Waals surface area contributed by atoms with Gasteiger partial charge in [-0.15, -0.1) is 0 Å². The molecule has 3 aromatic rings. The first kappa shape index (κ1) is 27.7. The van der Waals surface area contributed by atoms with Crippen LogP contribution in [0.4, 0.5) is 5.95 Å². The number of hydrogen-bond acceptors (Lipinski definition) is 7. The number of hydrogen-bond donors (Lipinski definition) is 4. The lowest BCUT2D eigenvalue weighted by Gasteiger charge is -2.30. The molecule has 202 valence electrons. The highest BCUT2D eigenvalue weighted by Crippen LogP contribution is 2.23. The summed E-state index contributed by atoms with van der Waals surface area (Å²) in [5.74, 6) is 0.935. The van der Waals surface area contributed by atoms with Crippen LogP contribution in [0.1, 0.15) is 55.2 Å². The molecule has 1 heterocycles. The molecule has 1 fully saturated rings. The van der Waals surface area contributed by atoms with Gasteiger partial charge in [-0.2, -0.15) is 5.26 Å². The van der Waals surface area contributed by atoms with Crippen LogP contribution in [-0.4, -0.2) is 46.5 Å². The minimum Gasteiger partial charge on any atom is -0.383 e. The molecule has 4 rings (SSSR count). The van der Waals surface area contributed by atoms with Gasteiger partial charge >= 0.3 is 0 Å². The van der Waals surface area contributed by atoms with Crippen molar-refractivity contribution in [2.24, 2.45) is 10.7 Å². The molecule has 2 aromatic carbocycles. The molecule has 1 aromatic heterocycles. The minimum absolute atomic E-state index is 0.0575. The minimum atomic E-state index is -0.413. The Kier molecular flexibility index (Phi) is 9.98. The molecular formula is C30H36N8O. The summed E-state index contributed by atoms with van der Waals surface area (Å²) in [6.45, 7) is 2.19. The number of benzene rings is 2. The van der Waals surface area contributed by atoms with Crippen LogP contribution in [0.2, 0.25) is 0 Å². The molecule has 5 N–H and O–H groups in total. The first-order valence-corrected chi connectivity index (χ1v) is 13.4. The van der Waals surface area contributed by atoms with Gasteiger partial charge in [0.1, 0.15) is 12.0 Å². The van der Waals surface area contributed by atoms with E-state index in [1.807, 2.05) is 54.6 Å². The Morgan fingerprint density at radius 3 is 2.36 bits per heavy atom. The molecule has 2 unspecified atom stereocenters. The van der Waals surface area contributed by atoms with E-state index in [4.69, 9.17) is 16.0 Å². The molecule has 1 aliphatic carbocycles. The van der Waals surface area contributed by atoms with Gasteiger partial charge in [0.15, 0.2) is 0 Å². The normalized spacial score (nSPS) is 18.9. The maximum Gasteiger partial charge on any atom is 0.234 e. The highest BCUT2D eigenvalue weighted by molar-refractivity contribution is 5.97. The average molecular weight is 525 g/mol. The fourth-order valence-corrected chi connectivity index (χ4v) is 4.79. The van der Waals surface area contributed by atoms with Gasteiger partial charge in [0, 0.05) is 36.0 Å². The van der Waals surface area contributed by atoms with Crippen LogP contribution in [0.5, 0.6) is 0 Å². The van der Waals surface area contributed by atoms with E-state index in [0.717, 1.165) is 42.4 Å². The first-order valence-electron chi connectivity index (χ1n) is 13.4. The van der Waals surface area contributed by atoms with E-state index in [0.29, 0.717) is 24.2 Å². The molecule has 0 saturated heterocycles. The van der Waals surface area contributed by atoms with E-state index in [9.17, 15) is 4.79 Å². The Morgan fingerprint density at radius 1 is 1.03 bits per heavy atom. The van der Waals surface area contributed by atoms with E-state index in [-0.39, 0.29) is 24.4 Å².